The minimum absolute atomic E-state index is 0.0114. The van der Waals surface area contributed by atoms with Gasteiger partial charge in [-0.05, 0) is 147 Å². The average Bonchev–Trinajstić information content (AvgIpc) is 2.33. The zero-order chi connectivity index (χ0) is 58.6. The van der Waals surface area contributed by atoms with Crippen molar-refractivity contribution in [2.75, 3.05) is 0 Å². The van der Waals surface area contributed by atoms with Gasteiger partial charge in [-0.25, -0.2) is 0 Å². The second-order valence-corrected chi connectivity index (χ2v) is 19.6. The molecule has 0 bridgehead atoms. The summed E-state index contributed by atoms with van der Waals surface area (Å²) in [5.74, 6) is 0. The first-order valence-electron chi connectivity index (χ1n) is 25.6. The zero-order valence-electron chi connectivity index (χ0n) is 43.4. The number of aromatic nitrogens is 2. The molecule has 2 heterocycles. The molecule has 0 atom stereocenters. The molecule has 14 heteroatoms. The highest BCUT2D eigenvalue weighted by Gasteiger charge is 2.31. The lowest BCUT2D eigenvalue weighted by Gasteiger charge is -2.20. The lowest BCUT2D eigenvalue weighted by atomic mass is 9.96. The fraction of sp³-hybridized carbons (Fsp3) is 0.0143. The maximum absolute atomic E-state index is 14.7. The summed E-state index contributed by atoms with van der Waals surface area (Å²) in [6.07, 6.45) is -4.76. The fourth-order valence-electron chi connectivity index (χ4n) is 11.2. The van der Waals surface area contributed by atoms with Gasteiger partial charge in [0, 0.05) is 27.1 Å². The first-order valence-corrected chi connectivity index (χ1v) is 25.6. The molecule has 10 aromatic carbocycles. The van der Waals surface area contributed by atoms with E-state index in [2.05, 4.69) is 54.6 Å². The van der Waals surface area contributed by atoms with Gasteiger partial charge in [0.05, 0.1) is 144 Å². The maximum atomic E-state index is 14.7. The molecule has 0 aliphatic rings. The third-order valence-corrected chi connectivity index (χ3v) is 15.1. The molecule has 0 saturated heterocycles. The molecule has 12 aromatic rings. The Morgan fingerprint density at radius 3 is 0.869 bits per heavy atom. The highest BCUT2D eigenvalue weighted by Crippen LogP contribution is 2.45. The number of rotatable bonds is 7. The molecule has 12 rings (SSSR count). The smallest absolute Gasteiger partial charge is 0.307 e. The van der Waals surface area contributed by atoms with E-state index in [4.69, 9.17) is 0 Å². The van der Waals surface area contributed by atoms with E-state index in [1.807, 2.05) is 81.9 Å². The molecule has 0 saturated carbocycles. The topological polar surface area (TPSA) is 224 Å². The Balaban J connectivity index is 1.28. The van der Waals surface area contributed by atoms with Crippen molar-refractivity contribution < 1.29 is 13.2 Å². The Morgan fingerprint density at radius 1 is 0.274 bits per heavy atom. The predicted molar refractivity (Wildman–Crippen MR) is 310 cm³/mol. The second-order valence-electron chi connectivity index (χ2n) is 19.6. The van der Waals surface area contributed by atoms with Gasteiger partial charge in [-0.1, -0.05) is 84.9 Å². The first-order chi connectivity index (χ1) is 40.8. The van der Waals surface area contributed by atoms with Crippen molar-refractivity contribution in [2.45, 2.75) is 6.18 Å². The Hall–Kier alpha value is -13.0. The van der Waals surface area contributed by atoms with Crippen LogP contribution in [0.5, 0.6) is 0 Å². The summed E-state index contributed by atoms with van der Waals surface area (Å²) < 4.78 is 47.9. The van der Waals surface area contributed by atoms with Gasteiger partial charge in [0.1, 0.15) is 0 Å². The van der Waals surface area contributed by atoms with E-state index < -0.39 is 11.7 Å². The SMILES string of the molecule is N#Cc1ccc(-c2ccc3c4ccc(-c5ccc(C#N)cc5C#N)cc4n(-c4cc(C#N)c(-c5cccc(C(F)(F)F)c5)cc4-n4c5cc(-c6ccc(C#N)cc6C#N)ccc5c5ccc(-c6ccc(C#N)cc6C#N)cc54)c3c2)c(C#N)c1. The standard InChI is InChI=1S/C70H30F3N11/c71-70(72,73)54-3-1-2-44(24-54)63-30-69(84-66-27-47(57-14-6-42(33-76)22-51(57)37-80)10-18-61(66)62-19-11-48(28-67(62)84)58-15-7-43(34-77)23-52(58)38-81)68(29-53(63)39-82)83-64-25-45(55-12-4-40(31-74)20-49(55)35-78)8-16-59(64)60-17-9-46(26-65(60)83)56-13-5-41(32-75)21-50(56)36-79/h1-30H. The molecule has 0 aliphatic carbocycles. The number of fused-ring (bicyclic) bond motifs is 6. The molecule has 0 spiro atoms. The second kappa shape index (κ2) is 20.3. The van der Waals surface area contributed by atoms with E-state index in [9.17, 15) is 60.5 Å². The number of hydrogen-bond acceptors (Lipinski definition) is 9. The summed E-state index contributed by atoms with van der Waals surface area (Å²) in [4.78, 5) is 0. The number of nitriles is 9. The summed E-state index contributed by atoms with van der Waals surface area (Å²) in [5, 5.41) is 95.2. The quantitative estimate of drug-likeness (QED) is 0.148. The molecular formula is C70H30F3N11. The third-order valence-electron chi connectivity index (χ3n) is 15.1. The average molecular weight is 1080 g/mol. The number of nitrogens with zero attached hydrogens (tertiary/aromatic N) is 11. The highest BCUT2D eigenvalue weighted by atomic mass is 19.4. The van der Waals surface area contributed by atoms with Crippen LogP contribution in [0.4, 0.5) is 13.2 Å². The van der Waals surface area contributed by atoms with E-state index in [0.717, 1.165) is 12.1 Å². The van der Waals surface area contributed by atoms with Crippen molar-refractivity contribution in [1.82, 2.24) is 9.13 Å². The summed E-state index contributed by atoms with van der Waals surface area (Å²) in [5.41, 5.74) is 8.32. The van der Waals surface area contributed by atoms with Crippen molar-refractivity contribution in [3.8, 4) is 122 Å². The molecule has 2 aromatic heterocycles. The van der Waals surface area contributed by atoms with E-state index in [-0.39, 0.29) is 61.2 Å². The molecule has 0 amide bonds. The van der Waals surface area contributed by atoms with Gasteiger partial charge in [0.2, 0.25) is 0 Å². The third kappa shape index (κ3) is 8.57. The van der Waals surface area contributed by atoms with Crippen molar-refractivity contribution in [3.05, 3.63) is 238 Å². The number of benzene rings is 10. The van der Waals surface area contributed by atoms with Crippen LogP contribution in [0, 0.1) is 102 Å². The summed E-state index contributed by atoms with van der Waals surface area (Å²) in [6.45, 7) is 0. The minimum Gasteiger partial charge on any atom is -0.307 e. The van der Waals surface area contributed by atoms with Gasteiger partial charge in [-0.2, -0.15) is 60.5 Å². The van der Waals surface area contributed by atoms with Crippen LogP contribution in [0.25, 0.3) is 111 Å². The monoisotopic (exact) mass is 1080 g/mol. The molecular weight excluding hydrogens is 1050 g/mol. The van der Waals surface area contributed by atoms with Gasteiger partial charge in [0.25, 0.3) is 0 Å². The minimum atomic E-state index is -4.76. The van der Waals surface area contributed by atoms with Gasteiger partial charge < -0.3 is 9.13 Å². The van der Waals surface area contributed by atoms with Crippen LogP contribution >= 0.6 is 0 Å². The molecule has 0 unspecified atom stereocenters. The Labute approximate surface area is 476 Å². The number of hydrogen-bond donors (Lipinski definition) is 0. The largest absolute Gasteiger partial charge is 0.416 e. The molecule has 0 aliphatic heterocycles. The fourth-order valence-corrected chi connectivity index (χ4v) is 11.2. The molecule has 386 valence electrons. The maximum Gasteiger partial charge on any atom is 0.416 e. The van der Waals surface area contributed by atoms with Crippen LogP contribution in [-0.4, -0.2) is 9.13 Å². The first kappa shape index (κ1) is 51.7. The van der Waals surface area contributed by atoms with Gasteiger partial charge in [-0.3, -0.25) is 0 Å². The Morgan fingerprint density at radius 2 is 0.571 bits per heavy atom. The van der Waals surface area contributed by atoms with Crippen molar-refractivity contribution in [1.29, 1.82) is 47.4 Å². The Bertz CT molecular complexity index is 5060. The van der Waals surface area contributed by atoms with Crippen molar-refractivity contribution in [2.24, 2.45) is 0 Å². The van der Waals surface area contributed by atoms with E-state index in [1.54, 1.807) is 60.7 Å². The molecule has 84 heavy (non-hydrogen) atoms. The number of halogens is 3. The van der Waals surface area contributed by atoms with Gasteiger partial charge >= 0.3 is 6.18 Å². The summed E-state index contributed by atoms with van der Waals surface area (Å²) in [6, 6.07) is 69.1. The molecule has 11 nitrogen and oxygen atoms in total. The van der Waals surface area contributed by atoms with E-state index >= 15 is 0 Å². The molecule has 0 radical (unpaired) electrons. The lowest BCUT2D eigenvalue weighted by molar-refractivity contribution is -0.137. The van der Waals surface area contributed by atoms with Gasteiger partial charge in [-0.15, -0.1) is 0 Å². The normalized spacial score (nSPS) is 10.9. The molecule has 0 fully saturated rings. The van der Waals surface area contributed by atoms with Gasteiger partial charge in [0.15, 0.2) is 0 Å². The zero-order valence-corrected chi connectivity index (χ0v) is 43.4. The van der Waals surface area contributed by atoms with Crippen LogP contribution in [0.3, 0.4) is 0 Å². The van der Waals surface area contributed by atoms with Crippen LogP contribution in [-0.2, 0) is 6.18 Å². The van der Waals surface area contributed by atoms with Crippen molar-refractivity contribution in [3.63, 3.8) is 0 Å². The van der Waals surface area contributed by atoms with Crippen LogP contribution in [0.2, 0.25) is 0 Å². The van der Waals surface area contributed by atoms with Crippen molar-refractivity contribution >= 4 is 43.6 Å². The van der Waals surface area contributed by atoms with E-state index in [1.165, 1.54) is 36.4 Å². The number of alkyl halides is 3. The summed E-state index contributed by atoms with van der Waals surface area (Å²) in [7, 11) is 0. The van der Waals surface area contributed by atoms with Crippen LogP contribution in [0.15, 0.2) is 182 Å². The Kier molecular flexibility index (Phi) is 12.5. The van der Waals surface area contributed by atoms with Crippen LogP contribution in [0.1, 0.15) is 55.6 Å². The predicted octanol–water partition coefficient (Wildman–Crippen LogP) is 16.1. The molecule has 0 N–H and O–H groups in total. The highest BCUT2D eigenvalue weighted by molar-refractivity contribution is 6.14. The summed E-state index contributed by atoms with van der Waals surface area (Å²) >= 11 is 0. The van der Waals surface area contributed by atoms with E-state index in [0.29, 0.717) is 99.5 Å². The van der Waals surface area contributed by atoms with Crippen LogP contribution < -0.4 is 0 Å². The lowest BCUT2D eigenvalue weighted by Crippen LogP contribution is -2.07.